The summed E-state index contributed by atoms with van der Waals surface area (Å²) in [6.07, 6.45) is 3.48. The van der Waals surface area contributed by atoms with E-state index in [1.54, 1.807) is 4.90 Å². The monoisotopic (exact) mass is 287 g/mol. The van der Waals surface area contributed by atoms with Gasteiger partial charge in [-0.2, -0.15) is 0 Å². The van der Waals surface area contributed by atoms with Crippen LogP contribution in [-0.4, -0.2) is 35.8 Å². The van der Waals surface area contributed by atoms with E-state index in [4.69, 9.17) is 5.73 Å². The van der Waals surface area contributed by atoms with Gasteiger partial charge in [-0.05, 0) is 43.4 Å². The van der Waals surface area contributed by atoms with Crippen molar-refractivity contribution in [2.45, 2.75) is 38.6 Å². The van der Waals surface area contributed by atoms with E-state index in [9.17, 15) is 9.59 Å². The second kappa shape index (κ2) is 5.39. The molecule has 21 heavy (non-hydrogen) atoms. The molecule has 112 valence electrons. The van der Waals surface area contributed by atoms with Crippen LogP contribution in [0.2, 0.25) is 0 Å². The summed E-state index contributed by atoms with van der Waals surface area (Å²) in [5.41, 5.74) is 8.76. The summed E-state index contributed by atoms with van der Waals surface area (Å²) in [4.78, 5) is 28.1. The maximum Gasteiger partial charge on any atom is 0.249 e. The fourth-order valence-corrected chi connectivity index (χ4v) is 3.46. The minimum atomic E-state index is -0.310. The largest absolute Gasteiger partial charge is 0.398 e. The Bertz CT molecular complexity index is 585. The molecule has 0 radical (unpaired) electrons. The van der Waals surface area contributed by atoms with E-state index in [1.807, 2.05) is 23.1 Å². The van der Waals surface area contributed by atoms with Crippen molar-refractivity contribution < 1.29 is 9.59 Å². The maximum absolute atomic E-state index is 12.9. The summed E-state index contributed by atoms with van der Waals surface area (Å²) < 4.78 is 0. The number of hydrogen-bond acceptors (Lipinski definition) is 3. The van der Waals surface area contributed by atoms with Gasteiger partial charge in [-0.1, -0.05) is 6.07 Å². The fourth-order valence-electron chi connectivity index (χ4n) is 3.46. The third-order valence-electron chi connectivity index (χ3n) is 4.50. The number of carbonyl (C=O) groups is 2. The van der Waals surface area contributed by atoms with Gasteiger partial charge in [0.15, 0.2) is 0 Å². The average Bonchev–Trinajstić information content (AvgIpc) is 2.96. The van der Waals surface area contributed by atoms with Crippen LogP contribution >= 0.6 is 0 Å². The van der Waals surface area contributed by atoms with Crippen LogP contribution in [0.4, 0.5) is 11.4 Å². The van der Waals surface area contributed by atoms with Crippen molar-refractivity contribution >= 4 is 23.2 Å². The molecule has 1 fully saturated rings. The number of fused-ring (bicyclic) bond motifs is 1. The van der Waals surface area contributed by atoms with Gasteiger partial charge in [0.2, 0.25) is 11.8 Å². The van der Waals surface area contributed by atoms with Crippen LogP contribution < -0.4 is 10.6 Å². The predicted molar refractivity (Wildman–Crippen MR) is 81.9 cm³/mol. The third kappa shape index (κ3) is 2.37. The lowest BCUT2D eigenvalue weighted by molar-refractivity contribution is -0.135. The molecule has 1 unspecified atom stereocenters. The first-order valence-electron chi connectivity index (χ1n) is 7.55. The van der Waals surface area contributed by atoms with E-state index >= 15 is 0 Å². The summed E-state index contributed by atoms with van der Waals surface area (Å²) in [6.45, 7) is 2.93. The summed E-state index contributed by atoms with van der Waals surface area (Å²) in [5, 5.41) is 0. The second-order valence-corrected chi connectivity index (χ2v) is 5.81. The number of rotatable bonds is 1. The van der Waals surface area contributed by atoms with Crippen molar-refractivity contribution in [3.8, 4) is 0 Å². The molecular weight excluding hydrogens is 266 g/mol. The molecule has 2 aliphatic rings. The minimum absolute atomic E-state index is 0.0179. The molecule has 0 saturated carbocycles. The van der Waals surface area contributed by atoms with E-state index in [2.05, 4.69) is 0 Å². The number of benzene rings is 1. The van der Waals surface area contributed by atoms with Crippen LogP contribution in [0.1, 0.15) is 31.7 Å². The van der Waals surface area contributed by atoms with Gasteiger partial charge in [-0.3, -0.25) is 9.59 Å². The van der Waals surface area contributed by atoms with Crippen LogP contribution in [0.5, 0.6) is 0 Å². The van der Waals surface area contributed by atoms with Crippen LogP contribution in [0, 0.1) is 0 Å². The SMILES string of the molecule is CC(=O)N1CCCC1C(=O)N1CCCc2c(N)cccc21. The highest BCUT2D eigenvalue weighted by Gasteiger charge is 2.36. The van der Waals surface area contributed by atoms with Gasteiger partial charge in [-0.25, -0.2) is 0 Å². The second-order valence-electron chi connectivity index (χ2n) is 5.81. The maximum atomic E-state index is 12.9. The summed E-state index contributed by atoms with van der Waals surface area (Å²) in [6, 6.07) is 5.41. The Kier molecular flexibility index (Phi) is 3.57. The summed E-state index contributed by atoms with van der Waals surface area (Å²) >= 11 is 0. The first-order chi connectivity index (χ1) is 10.1. The van der Waals surface area contributed by atoms with Crippen LogP contribution in [0.15, 0.2) is 18.2 Å². The van der Waals surface area contributed by atoms with Crippen molar-refractivity contribution in [2.75, 3.05) is 23.7 Å². The molecule has 5 heteroatoms. The lowest BCUT2D eigenvalue weighted by atomic mass is 9.99. The number of nitrogens with zero attached hydrogens (tertiary/aromatic N) is 2. The molecule has 2 heterocycles. The number of amides is 2. The number of likely N-dealkylation sites (tertiary alicyclic amines) is 1. The Morgan fingerprint density at radius 1 is 1.24 bits per heavy atom. The Morgan fingerprint density at radius 2 is 2.05 bits per heavy atom. The average molecular weight is 287 g/mol. The number of anilines is 2. The molecule has 0 bridgehead atoms. The zero-order chi connectivity index (χ0) is 15.0. The van der Waals surface area contributed by atoms with Crippen molar-refractivity contribution in [1.29, 1.82) is 0 Å². The highest BCUT2D eigenvalue weighted by molar-refractivity contribution is 6.00. The Balaban J connectivity index is 1.90. The fraction of sp³-hybridized carbons (Fsp3) is 0.500. The van der Waals surface area contributed by atoms with Gasteiger partial charge in [-0.15, -0.1) is 0 Å². The zero-order valence-corrected chi connectivity index (χ0v) is 12.3. The quantitative estimate of drug-likeness (QED) is 0.797. The van der Waals surface area contributed by atoms with E-state index in [0.717, 1.165) is 42.6 Å². The molecule has 1 saturated heterocycles. The molecule has 3 rings (SSSR count). The van der Waals surface area contributed by atoms with Crippen molar-refractivity contribution in [2.24, 2.45) is 0 Å². The number of hydrogen-bond donors (Lipinski definition) is 1. The van der Waals surface area contributed by atoms with Gasteiger partial charge >= 0.3 is 0 Å². The lowest BCUT2D eigenvalue weighted by Gasteiger charge is -2.34. The standard InChI is InChI=1S/C16H21N3O2/c1-11(20)18-9-4-8-15(18)16(21)19-10-3-5-12-13(17)6-2-7-14(12)19/h2,6-7,15H,3-5,8-10,17H2,1H3. The predicted octanol–water partition coefficient (Wildman–Crippen LogP) is 1.56. The molecule has 2 aliphatic heterocycles. The normalized spacial score (nSPS) is 21.3. The van der Waals surface area contributed by atoms with Crippen molar-refractivity contribution in [3.05, 3.63) is 23.8 Å². The topological polar surface area (TPSA) is 66.6 Å². The smallest absolute Gasteiger partial charge is 0.249 e. The number of nitrogen functional groups attached to an aromatic ring is 1. The van der Waals surface area contributed by atoms with Crippen LogP contribution in [-0.2, 0) is 16.0 Å². The van der Waals surface area contributed by atoms with Gasteiger partial charge in [0.25, 0.3) is 0 Å². The van der Waals surface area contributed by atoms with Crippen LogP contribution in [0.3, 0.4) is 0 Å². The molecule has 0 spiro atoms. The van der Waals surface area contributed by atoms with Gasteiger partial charge in [0, 0.05) is 31.4 Å². The van der Waals surface area contributed by atoms with Crippen molar-refractivity contribution in [1.82, 2.24) is 4.90 Å². The third-order valence-corrected chi connectivity index (χ3v) is 4.50. The Hall–Kier alpha value is -2.04. The van der Waals surface area contributed by atoms with Gasteiger partial charge < -0.3 is 15.5 Å². The first kappa shape index (κ1) is 13.9. The van der Waals surface area contributed by atoms with Gasteiger partial charge in [0.05, 0.1) is 0 Å². The van der Waals surface area contributed by atoms with E-state index in [0.29, 0.717) is 13.1 Å². The molecule has 1 aromatic carbocycles. The minimum Gasteiger partial charge on any atom is -0.398 e. The molecule has 2 N–H and O–H groups in total. The number of carbonyl (C=O) groups excluding carboxylic acids is 2. The molecule has 5 nitrogen and oxygen atoms in total. The first-order valence-corrected chi connectivity index (χ1v) is 7.55. The van der Waals surface area contributed by atoms with E-state index < -0.39 is 0 Å². The van der Waals surface area contributed by atoms with Crippen molar-refractivity contribution in [3.63, 3.8) is 0 Å². The molecule has 1 atom stereocenters. The highest BCUT2D eigenvalue weighted by Crippen LogP contribution is 2.33. The van der Waals surface area contributed by atoms with E-state index in [1.165, 1.54) is 6.92 Å². The van der Waals surface area contributed by atoms with Crippen LogP contribution in [0.25, 0.3) is 0 Å². The molecular formula is C16H21N3O2. The summed E-state index contributed by atoms with van der Waals surface area (Å²) in [7, 11) is 0. The van der Waals surface area contributed by atoms with Gasteiger partial charge in [0.1, 0.15) is 6.04 Å². The molecule has 0 aliphatic carbocycles. The number of nitrogens with two attached hydrogens (primary N) is 1. The Morgan fingerprint density at radius 3 is 2.81 bits per heavy atom. The lowest BCUT2D eigenvalue weighted by Crippen LogP contribution is -2.48. The molecule has 0 aromatic heterocycles. The highest BCUT2D eigenvalue weighted by atomic mass is 16.2. The molecule has 2 amide bonds. The zero-order valence-electron chi connectivity index (χ0n) is 12.3. The molecule has 1 aromatic rings. The summed E-state index contributed by atoms with van der Waals surface area (Å²) in [5.74, 6) is 0.0184. The Labute approximate surface area is 124 Å². The van der Waals surface area contributed by atoms with E-state index in [-0.39, 0.29) is 17.9 Å².